The summed E-state index contributed by atoms with van der Waals surface area (Å²) < 4.78 is 6.91. The highest BCUT2D eigenvalue weighted by Gasteiger charge is 2.24. The van der Waals surface area contributed by atoms with Gasteiger partial charge in [-0.05, 0) is 91.3 Å². The van der Waals surface area contributed by atoms with Crippen LogP contribution in [0.3, 0.4) is 0 Å². The predicted molar refractivity (Wildman–Crippen MR) is 130 cm³/mol. The van der Waals surface area contributed by atoms with Gasteiger partial charge in [0.2, 0.25) is 0 Å². The topological polar surface area (TPSA) is 76.2 Å². The number of carbonyl (C=O) groups is 1. The van der Waals surface area contributed by atoms with E-state index in [4.69, 9.17) is 0 Å². The highest BCUT2D eigenvalue weighted by atomic mass is 32.2. The molecule has 2 aliphatic rings. The fraction of sp³-hybridized carbons (Fsp3) is 0.320. The summed E-state index contributed by atoms with van der Waals surface area (Å²) in [6.45, 7) is 3.09. The molecule has 0 unspecified atom stereocenters. The quantitative estimate of drug-likeness (QED) is 0.388. The van der Waals surface area contributed by atoms with Crippen LogP contribution in [-0.2, 0) is 19.4 Å². The molecule has 8 heteroatoms. The molecule has 1 aromatic carbocycles. The molecule has 0 atom stereocenters. The average Bonchev–Trinajstić information content (AvgIpc) is 3.19. The first-order valence-electron chi connectivity index (χ1n) is 11.5. The molecule has 2 amide bonds. The number of carbonyl (C=O) groups excluding carboxylic acids is 1. The number of fused-ring (bicyclic) bond motifs is 2. The predicted octanol–water partition coefficient (Wildman–Crippen LogP) is 5.23. The number of rotatable bonds is 6. The fourth-order valence-corrected chi connectivity index (χ4v) is 5.32. The largest absolute Gasteiger partial charge is 0.329 e. The summed E-state index contributed by atoms with van der Waals surface area (Å²) in [6.07, 6.45) is 15.2. The number of hydrogen-bond donors (Lipinski definition) is 2. The monoisotopic (exact) mass is 458 g/mol. The zero-order valence-corrected chi connectivity index (χ0v) is 19.4. The van der Waals surface area contributed by atoms with Crippen molar-refractivity contribution in [1.29, 1.82) is 0 Å². The number of anilines is 1. The Balaban J connectivity index is 1.26. The summed E-state index contributed by atoms with van der Waals surface area (Å²) in [4.78, 5) is 18.1. The van der Waals surface area contributed by atoms with Gasteiger partial charge in [0.15, 0.2) is 0 Å². The molecule has 0 saturated heterocycles. The molecule has 0 aliphatic heterocycles. The van der Waals surface area contributed by atoms with Crippen LogP contribution in [0, 0.1) is 12.8 Å². The minimum atomic E-state index is -0.221. The van der Waals surface area contributed by atoms with Crippen molar-refractivity contribution in [3.63, 3.8) is 0 Å². The van der Waals surface area contributed by atoms with Crippen molar-refractivity contribution in [2.45, 2.75) is 50.5 Å². The minimum Gasteiger partial charge on any atom is -0.306 e. The second-order valence-electron chi connectivity index (χ2n) is 9.08. The lowest BCUT2D eigenvalue weighted by atomic mass is 9.93. The van der Waals surface area contributed by atoms with E-state index < -0.39 is 0 Å². The van der Waals surface area contributed by atoms with Crippen molar-refractivity contribution in [1.82, 2.24) is 23.9 Å². The van der Waals surface area contributed by atoms with Crippen LogP contribution < -0.4 is 10.0 Å². The van der Waals surface area contributed by atoms with E-state index in [1.165, 1.54) is 41.5 Å². The van der Waals surface area contributed by atoms with Gasteiger partial charge in [-0.2, -0.15) is 5.10 Å². The van der Waals surface area contributed by atoms with Gasteiger partial charge >= 0.3 is 6.03 Å². The number of benzene rings is 1. The van der Waals surface area contributed by atoms with Crippen LogP contribution in [0.1, 0.15) is 36.0 Å². The number of pyridine rings is 1. The molecule has 33 heavy (non-hydrogen) atoms. The molecule has 0 spiro atoms. The van der Waals surface area contributed by atoms with Crippen molar-refractivity contribution < 1.29 is 4.79 Å². The molecule has 3 heterocycles. The van der Waals surface area contributed by atoms with Gasteiger partial charge in [0.1, 0.15) is 0 Å². The average molecular weight is 459 g/mol. The van der Waals surface area contributed by atoms with Gasteiger partial charge in [-0.25, -0.2) is 9.78 Å². The highest BCUT2D eigenvalue weighted by Crippen LogP contribution is 2.40. The van der Waals surface area contributed by atoms with Gasteiger partial charge in [0.05, 0.1) is 34.8 Å². The highest BCUT2D eigenvalue weighted by molar-refractivity contribution is 7.98. The molecule has 4 aromatic rings. The number of aryl methyl sites for hydroxylation is 2. The first-order chi connectivity index (χ1) is 16.1. The maximum Gasteiger partial charge on any atom is 0.329 e. The maximum atomic E-state index is 13.0. The number of amides is 2. The molecule has 0 bridgehead atoms. The van der Waals surface area contributed by atoms with E-state index in [1.807, 2.05) is 33.9 Å². The van der Waals surface area contributed by atoms with E-state index in [2.05, 4.69) is 45.2 Å². The third-order valence-corrected chi connectivity index (χ3v) is 7.29. The van der Waals surface area contributed by atoms with E-state index in [9.17, 15) is 4.79 Å². The van der Waals surface area contributed by atoms with E-state index in [0.717, 1.165) is 59.0 Å². The summed E-state index contributed by atoms with van der Waals surface area (Å²) in [5, 5.41) is 7.60. The molecule has 2 N–H and O–H groups in total. The minimum absolute atomic E-state index is 0.221. The third-order valence-electron chi connectivity index (χ3n) is 6.55. The summed E-state index contributed by atoms with van der Waals surface area (Å²) in [7, 11) is 0. The summed E-state index contributed by atoms with van der Waals surface area (Å²) in [6, 6.07) is 6.28. The smallest absolute Gasteiger partial charge is 0.306 e. The summed E-state index contributed by atoms with van der Waals surface area (Å²) in [5.74, 6) is 0.766. The first kappa shape index (κ1) is 20.4. The normalized spacial score (nSPS) is 15.1. The van der Waals surface area contributed by atoms with Crippen LogP contribution in [0.4, 0.5) is 10.5 Å². The second-order valence-corrected chi connectivity index (χ2v) is 9.96. The zero-order chi connectivity index (χ0) is 22.4. The summed E-state index contributed by atoms with van der Waals surface area (Å²) in [5.41, 5.74) is 7.88. The van der Waals surface area contributed by atoms with Crippen LogP contribution in [0.2, 0.25) is 0 Å². The van der Waals surface area contributed by atoms with E-state index in [-0.39, 0.29) is 6.03 Å². The standard InChI is InChI=1S/C25H26N6OS/c1-16-9-18-3-2-4-22(18)24(23(16)19-7-8-30-15-26-11-20(30)10-19)28-25(32)29-33-21-12-27-31(14-21)13-17-5-6-17/h7-12,14-15,17H,2-6,13H2,1H3,(H2,28,29,32). The Morgan fingerprint density at radius 2 is 2.15 bits per heavy atom. The molecule has 3 aromatic heterocycles. The van der Waals surface area contributed by atoms with Crippen molar-refractivity contribution in [3.8, 4) is 11.1 Å². The van der Waals surface area contributed by atoms with E-state index >= 15 is 0 Å². The van der Waals surface area contributed by atoms with E-state index in [0.29, 0.717) is 0 Å². The van der Waals surface area contributed by atoms with Gasteiger partial charge in [-0.3, -0.25) is 9.40 Å². The van der Waals surface area contributed by atoms with Crippen LogP contribution >= 0.6 is 11.9 Å². The van der Waals surface area contributed by atoms with Gasteiger partial charge in [0.25, 0.3) is 0 Å². The van der Waals surface area contributed by atoms with Gasteiger partial charge in [-0.1, -0.05) is 6.07 Å². The molecular weight excluding hydrogens is 432 g/mol. The SMILES string of the molecule is Cc1cc2c(c(NC(=O)NSc3cnn(CC4CC4)c3)c1-c1ccn3cncc3c1)CCC2. The lowest BCUT2D eigenvalue weighted by Crippen LogP contribution is -2.24. The van der Waals surface area contributed by atoms with Crippen molar-refractivity contribution in [2.24, 2.45) is 5.92 Å². The van der Waals surface area contributed by atoms with E-state index in [1.54, 1.807) is 6.33 Å². The van der Waals surface area contributed by atoms with Crippen LogP contribution in [-0.4, -0.2) is 25.2 Å². The number of nitrogens with one attached hydrogen (secondary N) is 2. The lowest BCUT2D eigenvalue weighted by molar-refractivity contribution is 0.257. The molecular formula is C25H26N6OS. The van der Waals surface area contributed by atoms with Gasteiger partial charge in [0, 0.05) is 24.5 Å². The van der Waals surface area contributed by atoms with Crippen LogP contribution in [0.25, 0.3) is 16.6 Å². The Labute approximate surface area is 196 Å². The van der Waals surface area contributed by atoms with Gasteiger partial charge in [-0.15, -0.1) is 0 Å². The zero-order valence-electron chi connectivity index (χ0n) is 18.5. The Hall–Kier alpha value is -3.26. The van der Waals surface area contributed by atoms with Gasteiger partial charge < -0.3 is 9.72 Å². The van der Waals surface area contributed by atoms with Crippen LogP contribution in [0.5, 0.6) is 0 Å². The molecule has 6 rings (SSSR count). The maximum absolute atomic E-state index is 13.0. The molecule has 7 nitrogen and oxygen atoms in total. The first-order valence-corrected chi connectivity index (χ1v) is 12.3. The summed E-state index contributed by atoms with van der Waals surface area (Å²) >= 11 is 1.30. The number of aromatic nitrogens is 4. The number of hydrogen-bond acceptors (Lipinski definition) is 4. The second kappa shape index (κ2) is 8.26. The molecule has 1 fully saturated rings. The molecule has 168 valence electrons. The Morgan fingerprint density at radius 3 is 3.03 bits per heavy atom. The van der Waals surface area contributed by atoms with Crippen molar-refractivity contribution >= 4 is 29.2 Å². The fourth-order valence-electron chi connectivity index (χ4n) is 4.78. The van der Waals surface area contributed by atoms with Crippen LogP contribution in [0.15, 0.2) is 54.2 Å². The van der Waals surface area contributed by atoms with Crippen molar-refractivity contribution in [3.05, 3.63) is 66.0 Å². The Morgan fingerprint density at radius 1 is 1.24 bits per heavy atom. The van der Waals surface area contributed by atoms with Crippen molar-refractivity contribution in [2.75, 3.05) is 5.32 Å². The third kappa shape index (κ3) is 4.11. The Bertz CT molecular complexity index is 1350. The molecule has 1 saturated carbocycles. The Kier molecular flexibility index (Phi) is 5.10. The number of urea groups is 1. The number of nitrogens with zero attached hydrogens (tertiary/aromatic N) is 4. The number of imidazole rings is 1. The lowest BCUT2D eigenvalue weighted by Gasteiger charge is -2.19. The molecule has 0 radical (unpaired) electrons. The molecule has 2 aliphatic carbocycles.